The number of thiophene rings is 1. The number of imide groups is 1. The standard InChI is InChI=1S/C15H14N2O3S/c1-14-3-4-15(2,20-14)11-10(14)12(18)17(13(11)19)8-5-9(6-16)21-7-8/h5,7,10-11H,3-4H2,1-2H3/t10-,11+,14-,15+. The molecule has 0 saturated carbocycles. The van der Waals surface area contributed by atoms with Gasteiger partial charge in [-0.15, -0.1) is 11.3 Å². The fraction of sp³-hybridized carbons (Fsp3) is 0.533. The first kappa shape index (κ1) is 13.0. The molecular formula is C15H14N2O3S. The molecule has 0 N–H and O–H groups in total. The molecule has 0 aromatic carbocycles. The summed E-state index contributed by atoms with van der Waals surface area (Å²) in [6.07, 6.45) is 1.62. The highest BCUT2D eigenvalue weighted by Gasteiger charge is 2.72. The average molecular weight is 302 g/mol. The molecule has 21 heavy (non-hydrogen) atoms. The maximum atomic E-state index is 12.8. The summed E-state index contributed by atoms with van der Waals surface area (Å²) in [7, 11) is 0. The fourth-order valence-corrected chi connectivity index (χ4v) is 4.89. The predicted molar refractivity (Wildman–Crippen MR) is 75.6 cm³/mol. The van der Waals surface area contributed by atoms with Gasteiger partial charge in [0, 0.05) is 5.38 Å². The van der Waals surface area contributed by atoms with Crippen molar-refractivity contribution < 1.29 is 14.3 Å². The van der Waals surface area contributed by atoms with Crippen molar-refractivity contribution in [2.45, 2.75) is 37.9 Å². The van der Waals surface area contributed by atoms with Crippen LogP contribution in [0, 0.1) is 23.2 Å². The number of carbonyl (C=O) groups is 2. The van der Waals surface area contributed by atoms with Crippen LogP contribution >= 0.6 is 11.3 Å². The third-order valence-electron chi connectivity index (χ3n) is 5.16. The van der Waals surface area contributed by atoms with Crippen molar-refractivity contribution in [2.24, 2.45) is 11.8 Å². The van der Waals surface area contributed by atoms with Gasteiger partial charge in [0.05, 0.1) is 28.7 Å². The first-order valence-electron chi connectivity index (χ1n) is 6.96. The number of rotatable bonds is 1. The lowest BCUT2D eigenvalue weighted by Gasteiger charge is -2.27. The van der Waals surface area contributed by atoms with Gasteiger partial charge in [0.15, 0.2) is 0 Å². The van der Waals surface area contributed by atoms with Gasteiger partial charge in [0.1, 0.15) is 10.9 Å². The van der Waals surface area contributed by atoms with E-state index in [-0.39, 0.29) is 11.8 Å². The summed E-state index contributed by atoms with van der Waals surface area (Å²) in [5, 5.41) is 10.6. The molecule has 3 fully saturated rings. The lowest BCUT2D eigenvalue weighted by molar-refractivity contribution is -0.129. The van der Waals surface area contributed by atoms with Crippen LogP contribution in [0.15, 0.2) is 11.4 Å². The van der Waals surface area contributed by atoms with E-state index in [4.69, 9.17) is 10.00 Å². The van der Waals surface area contributed by atoms with E-state index in [0.717, 1.165) is 12.8 Å². The summed E-state index contributed by atoms with van der Waals surface area (Å²) >= 11 is 1.25. The minimum Gasteiger partial charge on any atom is -0.367 e. The normalized spacial score (nSPS) is 40.7. The Morgan fingerprint density at radius 2 is 1.86 bits per heavy atom. The number of ether oxygens (including phenoxy) is 1. The molecule has 4 rings (SSSR count). The summed E-state index contributed by atoms with van der Waals surface area (Å²) < 4.78 is 6.05. The van der Waals surface area contributed by atoms with E-state index in [1.165, 1.54) is 16.2 Å². The summed E-state index contributed by atoms with van der Waals surface area (Å²) in [5.41, 5.74) is -0.545. The van der Waals surface area contributed by atoms with E-state index in [1.807, 2.05) is 19.9 Å². The number of nitriles is 1. The highest BCUT2D eigenvalue weighted by atomic mass is 32.1. The van der Waals surface area contributed by atoms with Crippen molar-refractivity contribution in [3.63, 3.8) is 0 Å². The van der Waals surface area contributed by atoms with Gasteiger partial charge in [-0.05, 0) is 32.8 Å². The molecule has 2 bridgehead atoms. The predicted octanol–water partition coefficient (Wildman–Crippen LogP) is 2.07. The molecule has 3 aliphatic rings. The van der Waals surface area contributed by atoms with Gasteiger partial charge in [-0.3, -0.25) is 9.59 Å². The second-order valence-electron chi connectivity index (χ2n) is 6.48. The van der Waals surface area contributed by atoms with Crippen molar-refractivity contribution in [1.29, 1.82) is 5.26 Å². The largest absolute Gasteiger partial charge is 0.367 e. The van der Waals surface area contributed by atoms with E-state index >= 15 is 0 Å². The number of hydrogen-bond donors (Lipinski definition) is 0. The number of hydrogen-bond acceptors (Lipinski definition) is 5. The zero-order valence-electron chi connectivity index (χ0n) is 11.8. The Kier molecular flexibility index (Phi) is 2.31. The molecule has 4 heterocycles. The van der Waals surface area contributed by atoms with E-state index in [2.05, 4.69) is 0 Å². The molecule has 3 aliphatic heterocycles. The summed E-state index contributed by atoms with van der Waals surface area (Å²) in [4.78, 5) is 27.3. The van der Waals surface area contributed by atoms with Crippen LogP contribution in [0.1, 0.15) is 31.6 Å². The Hall–Kier alpha value is -1.71. The SMILES string of the molecule is C[C@]12CC[C@](C)(O1)[C@@H]1C(=O)N(c3csc(C#N)c3)C(=O)[C@@H]12. The lowest BCUT2D eigenvalue weighted by atomic mass is 9.69. The Labute approximate surface area is 126 Å². The van der Waals surface area contributed by atoms with Crippen LogP contribution < -0.4 is 4.90 Å². The molecule has 6 heteroatoms. The number of fused-ring (bicyclic) bond motifs is 5. The van der Waals surface area contributed by atoms with E-state index in [1.54, 1.807) is 11.4 Å². The highest BCUT2D eigenvalue weighted by molar-refractivity contribution is 7.11. The van der Waals surface area contributed by atoms with Crippen LogP contribution in [-0.2, 0) is 14.3 Å². The zero-order valence-corrected chi connectivity index (χ0v) is 12.6. The minimum atomic E-state index is -0.533. The second kappa shape index (κ2) is 3.73. The molecule has 3 saturated heterocycles. The first-order chi connectivity index (χ1) is 9.89. The van der Waals surface area contributed by atoms with E-state index in [0.29, 0.717) is 10.6 Å². The van der Waals surface area contributed by atoms with Gasteiger partial charge < -0.3 is 4.74 Å². The molecule has 4 atom stereocenters. The molecule has 0 spiro atoms. The van der Waals surface area contributed by atoms with E-state index < -0.39 is 23.0 Å². The summed E-state index contributed by atoms with van der Waals surface area (Å²) in [6.45, 7) is 3.87. The smallest absolute Gasteiger partial charge is 0.240 e. The Morgan fingerprint density at radius 3 is 2.33 bits per heavy atom. The Balaban J connectivity index is 1.79. The first-order valence-corrected chi connectivity index (χ1v) is 7.84. The van der Waals surface area contributed by atoms with Crippen LogP contribution in [0.5, 0.6) is 0 Å². The van der Waals surface area contributed by atoms with Gasteiger partial charge >= 0.3 is 0 Å². The maximum Gasteiger partial charge on any atom is 0.240 e. The molecule has 108 valence electrons. The minimum absolute atomic E-state index is 0.182. The number of nitrogens with zero attached hydrogens (tertiary/aromatic N) is 2. The number of anilines is 1. The fourth-order valence-electron chi connectivity index (χ4n) is 4.23. The van der Waals surface area contributed by atoms with Crippen molar-refractivity contribution >= 4 is 28.8 Å². The average Bonchev–Trinajstić information content (AvgIpc) is 3.11. The highest BCUT2D eigenvalue weighted by Crippen LogP contribution is 2.60. The van der Waals surface area contributed by atoms with Crippen LogP contribution in [0.25, 0.3) is 0 Å². The van der Waals surface area contributed by atoms with Gasteiger partial charge in [-0.2, -0.15) is 5.26 Å². The number of carbonyl (C=O) groups excluding carboxylic acids is 2. The van der Waals surface area contributed by atoms with Crippen molar-refractivity contribution in [3.8, 4) is 6.07 Å². The van der Waals surface area contributed by atoms with Gasteiger partial charge in [-0.25, -0.2) is 4.90 Å². The van der Waals surface area contributed by atoms with Gasteiger partial charge in [0.25, 0.3) is 0 Å². The Bertz CT molecular complexity index is 687. The maximum absolute atomic E-state index is 12.8. The molecule has 1 aromatic heterocycles. The van der Waals surface area contributed by atoms with E-state index in [9.17, 15) is 9.59 Å². The van der Waals surface area contributed by atoms with Gasteiger partial charge in [-0.1, -0.05) is 0 Å². The van der Waals surface area contributed by atoms with Crippen LogP contribution in [-0.4, -0.2) is 23.0 Å². The lowest BCUT2D eigenvalue weighted by Crippen LogP contribution is -2.40. The van der Waals surface area contributed by atoms with Crippen LogP contribution in [0.3, 0.4) is 0 Å². The molecule has 1 aromatic rings. The second-order valence-corrected chi connectivity index (χ2v) is 7.39. The van der Waals surface area contributed by atoms with Crippen LogP contribution in [0.4, 0.5) is 5.69 Å². The summed E-state index contributed by atoms with van der Waals surface area (Å²) in [6, 6.07) is 3.65. The zero-order chi connectivity index (χ0) is 15.0. The van der Waals surface area contributed by atoms with Crippen molar-refractivity contribution in [1.82, 2.24) is 0 Å². The molecule has 0 radical (unpaired) electrons. The molecule has 0 unspecified atom stereocenters. The number of amides is 2. The molecular weight excluding hydrogens is 288 g/mol. The van der Waals surface area contributed by atoms with Crippen molar-refractivity contribution in [3.05, 3.63) is 16.3 Å². The topological polar surface area (TPSA) is 70.4 Å². The van der Waals surface area contributed by atoms with Crippen LogP contribution in [0.2, 0.25) is 0 Å². The third kappa shape index (κ3) is 1.43. The van der Waals surface area contributed by atoms with Crippen molar-refractivity contribution in [2.75, 3.05) is 4.90 Å². The molecule has 0 aliphatic carbocycles. The molecule has 2 amide bonds. The summed E-state index contributed by atoms with van der Waals surface area (Å²) in [5.74, 6) is -1.15. The van der Waals surface area contributed by atoms with Gasteiger partial charge in [0.2, 0.25) is 11.8 Å². The molecule has 5 nitrogen and oxygen atoms in total. The Morgan fingerprint density at radius 1 is 1.29 bits per heavy atom. The monoisotopic (exact) mass is 302 g/mol. The third-order valence-corrected chi connectivity index (χ3v) is 5.98. The quantitative estimate of drug-likeness (QED) is 0.745.